The maximum atomic E-state index is 12.5. The van der Waals surface area contributed by atoms with Crippen molar-refractivity contribution >= 4 is 55.5 Å². The Morgan fingerprint density at radius 3 is 2.68 bits per heavy atom. The number of nitrogens with one attached hydrogen (secondary N) is 3. The highest BCUT2D eigenvalue weighted by molar-refractivity contribution is 9.10. The Hall–Kier alpha value is -0.750. The second-order valence-electron chi connectivity index (χ2n) is 4.39. The van der Waals surface area contributed by atoms with Gasteiger partial charge in [-0.25, -0.2) is 0 Å². The molecule has 0 aliphatic carbocycles. The summed E-state index contributed by atoms with van der Waals surface area (Å²) in [6, 6.07) is 5.35. The minimum absolute atomic E-state index is 0.117. The van der Waals surface area contributed by atoms with Gasteiger partial charge in [-0.15, -0.1) is 9.44 Å². The van der Waals surface area contributed by atoms with E-state index >= 15 is 0 Å². The van der Waals surface area contributed by atoms with Crippen LogP contribution in [-0.2, 0) is 22.7 Å². The van der Waals surface area contributed by atoms with Crippen molar-refractivity contribution in [3.05, 3.63) is 28.4 Å². The zero-order valence-corrected chi connectivity index (χ0v) is 14.9. The number of aromatic amines is 1. The summed E-state index contributed by atoms with van der Waals surface area (Å²) >= 11 is 0.595. The van der Waals surface area contributed by atoms with E-state index in [1.807, 2.05) is 6.07 Å². The Balaban J connectivity index is 2.25. The third kappa shape index (κ3) is 4.16. The number of nitrogens with two attached hydrogens (primary N) is 1. The molecule has 120 valence electrons. The molecule has 22 heavy (non-hydrogen) atoms. The first-order chi connectivity index (χ1) is 10.4. The average Bonchev–Trinajstić information content (AvgIpc) is 2.82. The fourth-order valence-corrected chi connectivity index (χ4v) is 3.80. The number of hydrogen-bond donors (Lipinski definition) is 4. The number of carbonyl (C=O) groups excluding carboxylic acids is 1. The van der Waals surface area contributed by atoms with Gasteiger partial charge in [0.1, 0.15) is 6.26 Å². The normalized spacial score (nSPS) is 14.2. The second kappa shape index (κ2) is 7.68. The predicted octanol–water partition coefficient (Wildman–Crippen LogP) is 0.525. The van der Waals surface area contributed by atoms with Crippen molar-refractivity contribution in [1.82, 2.24) is 14.4 Å². The Morgan fingerprint density at radius 2 is 2.05 bits per heavy atom. The molecule has 0 aliphatic heterocycles. The molecule has 1 aromatic heterocycles. The van der Waals surface area contributed by atoms with Gasteiger partial charge in [-0.2, -0.15) is 0 Å². The smallest absolute Gasteiger partial charge is 0.270 e. The molecule has 0 aliphatic rings. The monoisotopic (exact) mass is 406 g/mol. The lowest BCUT2D eigenvalue weighted by Gasteiger charge is -2.11. The van der Waals surface area contributed by atoms with Gasteiger partial charge in [0, 0.05) is 15.8 Å². The first kappa shape index (κ1) is 17.6. The van der Waals surface area contributed by atoms with Gasteiger partial charge in [-0.1, -0.05) is 15.9 Å². The minimum atomic E-state index is -1.62. The summed E-state index contributed by atoms with van der Waals surface area (Å²) in [5, 5.41) is 0.654. The van der Waals surface area contributed by atoms with E-state index in [2.05, 4.69) is 30.4 Å². The summed E-state index contributed by atoms with van der Waals surface area (Å²) in [6.45, 7) is 0.706. The number of amides is 1. The molecule has 2 aromatic rings. The van der Waals surface area contributed by atoms with Crippen molar-refractivity contribution in [1.29, 1.82) is 0 Å². The Morgan fingerprint density at radius 1 is 1.36 bits per heavy atom. The molecule has 0 saturated heterocycles. The van der Waals surface area contributed by atoms with E-state index in [-0.39, 0.29) is 5.69 Å². The van der Waals surface area contributed by atoms with Crippen LogP contribution in [0.4, 0.5) is 0 Å². The summed E-state index contributed by atoms with van der Waals surface area (Å²) in [5.74, 6) is -0.676. The van der Waals surface area contributed by atoms with Gasteiger partial charge in [0.15, 0.2) is 5.69 Å². The van der Waals surface area contributed by atoms with Crippen molar-refractivity contribution in [2.45, 2.75) is 4.90 Å². The summed E-state index contributed by atoms with van der Waals surface area (Å²) in [5.41, 5.74) is 6.14. The molecule has 1 aromatic carbocycles. The molecule has 7 nitrogen and oxygen atoms in total. The van der Waals surface area contributed by atoms with Crippen LogP contribution in [0.5, 0.6) is 0 Å². The molecule has 5 N–H and O–H groups in total. The standard InChI is InChI=1S/C12H15BrN4O3S2/c1-21(19)15-4-5-16-22(20)11-8-6-7(13)2-3-9(8)17-10(11)12(14)18/h2-3,6,15-17H,4-5H2,1H3,(H2,14,18). The molecule has 10 heteroatoms. The highest BCUT2D eigenvalue weighted by Gasteiger charge is 2.26. The van der Waals surface area contributed by atoms with Gasteiger partial charge < -0.3 is 19.8 Å². The van der Waals surface area contributed by atoms with Crippen molar-refractivity contribution < 1.29 is 13.9 Å². The van der Waals surface area contributed by atoms with Crippen molar-refractivity contribution in [3.63, 3.8) is 0 Å². The number of primary amides is 1. The van der Waals surface area contributed by atoms with E-state index in [1.54, 1.807) is 12.1 Å². The lowest BCUT2D eigenvalue weighted by Crippen LogP contribution is -2.34. The largest absolute Gasteiger partial charge is 0.598 e. The van der Waals surface area contributed by atoms with E-state index in [0.717, 1.165) is 4.47 Å². The number of halogens is 1. The number of hydrogen-bond acceptors (Lipinski definition) is 5. The minimum Gasteiger partial charge on any atom is -0.598 e. The van der Waals surface area contributed by atoms with Gasteiger partial charge in [0.2, 0.25) is 4.90 Å². The lowest BCUT2D eigenvalue weighted by atomic mass is 10.2. The molecule has 1 amide bonds. The van der Waals surface area contributed by atoms with Gasteiger partial charge in [-0.05, 0) is 18.2 Å². The predicted molar refractivity (Wildman–Crippen MR) is 91.0 cm³/mol. The van der Waals surface area contributed by atoms with Crippen molar-refractivity contribution in [3.8, 4) is 0 Å². The summed E-state index contributed by atoms with van der Waals surface area (Å²) < 4.78 is 29.6. The number of rotatable bonds is 7. The summed E-state index contributed by atoms with van der Waals surface area (Å²) in [7, 11) is 0. The van der Waals surface area contributed by atoms with Crippen molar-refractivity contribution in [2.75, 3.05) is 19.3 Å². The first-order valence-corrected chi connectivity index (χ1v) is 9.73. The highest BCUT2D eigenvalue weighted by Crippen LogP contribution is 2.29. The topological polar surface area (TPSA) is 129 Å². The van der Waals surface area contributed by atoms with Gasteiger partial charge in [-0.3, -0.25) is 4.79 Å². The van der Waals surface area contributed by atoms with E-state index < -0.39 is 28.6 Å². The number of benzene rings is 1. The van der Waals surface area contributed by atoms with Crippen LogP contribution < -0.4 is 15.2 Å². The molecule has 0 bridgehead atoms. The van der Waals surface area contributed by atoms with E-state index in [4.69, 9.17) is 5.73 Å². The van der Waals surface area contributed by atoms with Crippen LogP contribution in [0.25, 0.3) is 10.9 Å². The number of aromatic nitrogens is 1. The van der Waals surface area contributed by atoms with Crippen LogP contribution in [0.15, 0.2) is 27.6 Å². The molecule has 0 fully saturated rings. The summed E-state index contributed by atoms with van der Waals surface area (Å²) in [6.07, 6.45) is 1.51. The van der Waals surface area contributed by atoms with Gasteiger partial charge >= 0.3 is 0 Å². The number of carbonyl (C=O) groups is 1. The van der Waals surface area contributed by atoms with Gasteiger partial charge in [0.05, 0.1) is 35.4 Å². The molecular weight excluding hydrogens is 392 g/mol. The maximum absolute atomic E-state index is 12.5. The van der Waals surface area contributed by atoms with Crippen LogP contribution in [0.1, 0.15) is 10.5 Å². The van der Waals surface area contributed by atoms with E-state index in [0.29, 0.717) is 28.9 Å². The maximum Gasteiger partial charge on any atom is 0.270 e. The molecule has 2 unspecified atom stereocenters. The number of fused-ring (bicyclic) bond motifs is 1. The molecule has 2 atom stereocenters. The fraction of sp³-hybridized carbons (Fsp3) is 0.250. The van der Waals surface area contributed by atoms with Crippen LogP contribution in [-0.4, -0.2) is 39.3 Å². The average molecular weight is 407 g/mol. The van der Waals surface area contributed by atoms with Crippen LogP contribution in [0.2, 0.25) is 0 Å². The molecule has 2 rings (SSSR count). The van der Waals surface area contributed by atoms with Crippen LogP contribution in [0.3, 0.4) is 0 Å². The molecule has 1 heterocycles. The number of H-pyrrole nitrogens is 1. The van der Waals surface area contributed by atoms with E-state index in [1.165, 1.54) is 6.26 Å². The molecule has 0 saturated carbocycles. The zero-order valence-electron chi connectivity index (χ0n) is 11.6. The third-order valence-corrected chi connectivity index (χ3v) is 5.17. The lowest BCUT2D eigenvalue weighted by molar-refractivity contribution is 0.0993. The first-order valence-electron chi connectivity index (χ1n) is 6.23. The van der Waals surface area contributed by atoms with Crippen LogP contribution in [0, 0.1) is 0 Å². The Kier molecular flexibility index (Phi) is 6.15. The third-order valence-electron chi connectivity index (χ3n) is 2.81. The summed E-state index contributed by atoms with van der Waals surface area (Å²) in [4.78, 5) is 14.8. The molecule has 0 radical (unpaired) electrons. The van der Waals surface area contributed by atoms with Gasteiger partial charge in [0.25, 0.3) is 5.91 Å². The SMILES string of the molecule is C[S+]([O-])NCCN[S+]([O-])c1c(C(N)=O)[nH]c2ccc(Br)cc12. The molecule has 0 spiro atoms. The second-order valence-corrected chi connectivity index (χ2v) is 7.74. The van der Waals surface area contributed by atoms with E-state index in [9.17, 15) is 13.9 Å². The molecular formula is C12H15BrN4O3S2. The quantitative estimate of drug-likeness (QED) is 0.393. The zero-order chi connectivity index (χ0) is 16.3. The highest BCUT2D eigenvalue weighted by atomic mass is 79.9. The van der Waals surface area contributed by atoms with Crippen molar-refractivity contribution in [2.24, 2.45) is 5.73 Å². The van der Waals surface area contributed by atoms with Crippen LogP contribution >= 0.6 is 15.9 Å². The fourth-order valence-electron chi connectivity index (χ4n) is 1.92. The Bertz CT molecular complexity index is 680. The Labute approximate surface area is 142 Å².